The van der Waals surface area contributed by atoms with Gasteiger partial charge in [0.05, 0.1) is 16.5 Å². The number of carbonyl (C=O) groups is 1. The first-order chi connectivity index (χ1) is 17.9. The Bertz CT molecular complexity index is 1380. The Morgan fingerprint density at radius 1 is 1.00 bits per heavy atom. The number of likely N-dealkylation sites (tertiary alicyclic amines) is 2. The first-order valence-corrected chi connectivity index (χ1v) is 14.6. The number of nitrogens with zero attached hydrogens (tertiary/aromatic N) is 5. The van der Waals surface area contributed by atoms with Crippen LogP contribution >= 0.6 is 0 Å². The van der Waals surface area contributed by atoms with E-state index >= 15 is 0 Å². The minimum absolute atomic E-state index is 0.0365. The van der Waals surface area contributed by atoms with Gasteiger partial charge >= 0.3 is 12.2 Å². The molecule has 204 valence electrons. The third-order valence-electron chi connectivity index (χ3n) is 8.98. The summed E-state index contributed by atoms with van der Waals surface area (Å²) in [5.41, 5.74) is -0.907. The van der Waals surface area contributed by atoms with Crippen LogP contribution in [-0.4, -0.2) is 71.2 Å². The number of amides is 2. The van der Waals surface area contributed by atoms with Gasteiger partial charge in [-0.1, -0.05) is 6.07 Å². The van der Waals surface area contributed by atoms with Crippen molar-refractivity contribution in [2.24, 2.45) is 10.8 Å². The van der Waals surface area contributed by atoms with Crippen LogP contribution in [0.5, 0.6) is 0 Å². The molecule has 2 amide bonds. The number of carbonyl (C=O) groups excluding carboxylic acids is 1. The van der Waals surface area contributed by atoms with Crippen LogP contribution in [0.3, 0.4) is 0 Å². The van der Waals surface area contributed by atoms with Crippen molar-refractivity contribution in [1.29, 1.82) is 0 Å². The van der Waals surface area contributed by atoms with E-state index in [2.05, 4.69) is 14.8 Å². The van der Waals surface area contributed by atoms with Gasteiger partial charge in [-0.3, -0.25) is 0 Å². The van der Waals surface area contributed by atoms with Crippen molar-refractivity contribution in [3.8, 4) is 0 Å². The molecule has 1 N–H and O–H groups in total. The zero-order valence-electron chi connectivity index (χ0n) is 20.7. The zero-order chi connectivity index (χ0) is 26.5. The number of benzene rings is 1. The van der Waals surface area contributed by atoms with Gasteiger partial charge in [0.15, 0.2) is 5.82 Å². The van der Waals surface area contributed by atoms with Crippen LogP contribution in [-0.2, 0) is 16.2 Å². The summed E-state index contributed by atoms with van der Waals surface area (Å²) in [6, 6.07) is 3.82. The van der Waals surface area contributed by atoms with E-state index in [1.165, 1.54) is 12.8 Å². The summed E-state index contributed by atoms with van der Waals surface area (Å²) in [7, 11) is -4.06. The molecule has 1 aromatic carbocycles. The molecule has 3 heterocycles. The second-order valence-electron chi connectivity index (χ2n) is 12.2. The largest absolute Gasteiger partial charge is 0.416 e. The van der Waals surface area contributed by atoms with Crippen LogP contribution < -0.4 is 4.72 Å². The molecule has 2 aromatic rings. The van der Waals surface area contributed by atoms with Crippen molar-refractivity contribution in [1.82, 2.24) is 29.3 Å². The Morgan fingerprint density at radius 3 is 2.24 bits per heavy atom. The molecule has 5 fully saturated rings. The molecule has 7 rings (SSSR count). The Labute approximate surface area is 218 Å². The maximum Gasteiger partial charge on any atom is 0.416 e. The number of alkyl halides is 3. The van der Waals surface area contributed by atoms with Crippen molar-refractivity contribution in [3.05, 3.63) is 42.0 Å². The van der Waals surface area contributed by atoms with Gasteiger partial charge in [-0.15, -0.1) is 0 Å². The lowest BCUT2D eigenvalue weighted by Crippen LogP contribution is -2.72. The first kappa shape index (κ1) is 24.4. The smallest absolute Gasteiger partial charge is 0.323 e. The molecular formula is C25H29F3N6O3S. The topological polar surface area (TPSA) is 100 Å². The van der Waals surface area contributed by atoms with E-state index < -0.39 is 26.7 Å². The normalized spacial score (nSPS) is 24.6. The van der Waals surface area contributed by atoms with E-state index in [-0.39, 0.29) is 22.9 Å². The van der Waals surface area contributed by atoms with Gasteiger partial charge in [-0.2, -0.15) is 18.3 Å². The second-order valence-corrected chi connectivity index (χ2v) is 13.9. The van der Waals surface area contributed by atoms with Crippen LogP contribution in [0.25, 0.3) is 0 Å². The minimum atomic E-state index is -4.61. The highest BCUT2D eigenvalue weighted by molar-refractivity contribution is 7.89. The maximum absolute atomic E-state index is 13.0. The summed E-state index contributed by atoms with van der Waals surface area (Å²) in [5.74, 6) is 1.51. The first-order valence-electron chi connectivity index (χ1n) is 13.1. The third-order valence-corrected chi connectivity index (χ3v) is 10.5. The van der Waals surface area contributed by atoms with Crippen molar-refractivity contribution >= 4 is 16.1 Å². The summed E-state index contributed by atoms with van der Waals surface area (Å²) in [5, 5.41) is 4.64. The average molecular weight is 551 g/mol. The number of rotatable bonds is 5. The van der Waals surface area contributed by atoms with Gasteiger partial charge < -0.3 is 9.80 Å². The van der Waals surface area contributed by atoms with Gasteiger partial charge in [-0.25, -0.2) is 27.6 Å². The van der Waals surface area contributed by atoms with Crippen LogP contribution in [0.15, 0.2) is 35.5 Å². The van der Waals surface area contributed by atoms with E-state index in [1.54, 1.807) is 0 Å². The molecular weight excluding hydrogens is 521 g/mol. The highest BCUT2D eigenvalue weighted by Crippen LogP contribution is 2.55. The van der Waals surface area contributed by atoms with Gasteiger partial charge in [-0.05, 0) is 56.7 Å². The van der Waals surface area contributed by atoms with Crippen molar-refractivity contribution in [3.63, 3.8) is 0 Å². The van der Waals surface area contributed by atoms with E-state index in [0.717, 1.165) is 50.0 Å². The summed E-state index contributed by atoms with van der Waals surface area (Å²) in [4.78, 5) is 20.7. The van der Waals surface area contributed by atoms with Crippen LogP contribution in [0.4, 0.5) is 18.0 Å². The number of hydrogen-bond acceptors (Lipinski definition) is 5. The standard InChI is InChI=1S/C25H29F3N6O3S/c26-25(27,28)17-2-1-3-20(6-17)38(36,37)31-18-7-23(8-18)11-32(12-23)22(35)33-13-24(14-33)9-19(10-24)34-15-29-21(30-34)16-4-5-16/h1-3,6,15-16,18-19,31H,4-5,7-14H2. The maximum atomic E-state index is 13.0. The molecule has 1 aromatic heterocycles. The molecule has 5 aliphatic rings. The molecule has 38 heavy (non-hydrogen) atoms. The van der Waals surface area contributed by atoms with Gasteiger partial charge in [0.25, 0.3) is 0 Å². The van der Waals surface area contributed by atoms with E-state index in [1.807, 2.05) is 20.8 Å². The van der Waals surface area contributed by atoms with E-state index in [9.17, 15) is 26.4 Å². The summed E-state index contributed by atoms with van der Waals surface area (Å²) >= 11 is 0. The molecule has 0 radical (unpaired) electrons. The predicted molar refractivity (Wildman–Crippen MR) is 128 cm³/mol. The molecule has 3 saturated carbocycles. The molecule has 2 spiro atoms. The monoisotopic (exact) mass is 550 g/mol. The predicted octanol–water partition coefficient (Wildman–Crippen LogP) is 3.37. The molecule has 2 saturated heterocycles. The molecule has 2 aliphatic heterocycles. The van der Waals surface area contributed by atoms with E-state index in [4.69, 9.17) is 0 Å². The summed E-state index contributed by atoms with van der Waals surface area (Å²) in [6.07, 6.45) is 2.78. The lowest BCUT2D eigenvalue weighted by molar-refractivity contribution is -0.137. The number of aromatic nitrogens is 3. The van der Waals surface area contributed by atoms with Crippen LogP contribution in [0.2, 0.25) is 0 Å². The number of hydrogen-bond donors (Lipinski definition) is 1. The van der Waals surface area contributed by atoms with Gasteiger partial charge in [0.1, 0.15) is 6.33 Å². The van der Waals surface area contributed by atoms with Crippen LogP contribution in [0, 0.1) is 10.8 Å². The van der Waals surface area contributed by atoms with Crippen molar-refractivity contribution < 1.29 is 26.4 Å². The fraction of sp³-hybridized carbons (Fsp3) is 0.640. The van der Waals surface area contributed by atoms with Gasteiger partial charge in [0, 0.05) is 49.0 Å². The number of nitrogens with one attached hydrogen (secondary N) is 1. The Morgan fingerprint density at radius 2 is 1.63 bits per heavy atom. The fourth-order valence-corrected chi connectivity index (χ4v) is 8.11. The van der Waals surface area contributed by atoms with Gasteiger partial charge in [0.2, 0.25) is 10.0 Å². The Balaban J connectivity index is 0.861. The summed E-state index contributed by atoms with van der Waals surface area (Å²) < 4.78 is 68.7. The average Bonchev–Trinajstić information content (AvgIpc) is 3.49. The SMILES string of the molecule is O=C(N1CC2(CC(NS(=O)(=O)c3cccc(C(F)(F)F)c3)C2)C1)N1CC2(CC(n3cnc(C4CC4)n3)C2)C1. The Kier molecular flexibility index (Phi) is 5.09. The molecule has 0 bridgehead atoms. The molecule has 0 atom stereocenters. The minimum Gasteiger partial charge on any atom is -0.323 e. The van der Waals surface area contributed by atoms with E-state index in [0.29, 0.717) is 44.0 Å². The van der Waals surface area contributed by atoms with Crippen LogP contribution in [0.1, 0.15) is 61.9 Å². The highest BCUT2D eigenvalue weighted by Gasteiger charge is 2.59. The molecule has 9 nitrogen and oxygen atoms in total. The fourth-order valence-electron chi connectivity index (χ4n) is 6.83. The number of halogens is 3. The lowest BCUT2D eigenvalue weighted by Gasteiger charge is -2.63. The van der Waals surface area contributed by atoms with Crippen molar-refractivity contribution in [2.75, 3.05) is 26.2 Å². The quantitative estimate of drug-likeness (QED) is 0.616. The third kappa shape index (κ3) is 4.09. The van der Waals surface area contributed by atoms with Crippen molar-refractivity contribution in [2.45, 2.75) is 67.6 Å². The number of urea groups is 1. The lowest BCUT2D eigenvalue weighted by atomic mass is 9.60. The second kappa shape index (κ2) is 7.93. The number of sulfonamides is 1. The summed E-state index contributed by atoms with van der Waals surface area (Å²) in [6.45, 7) is 2.69. The molecule has 0 unspecified atom stereocenters. The highest BCUT2D eigenvalue weighted by atomic mass is 32.2. The molecule has 3 aliphatic carbocycles. The zero-order valence-corrected chi connectivity index (χ0v) is 21.5. The Hall–Kier alpha value is -2.67. The molecule has 13 heteroatoms.